The molecular weight excluding hydrogens is 306 g/mol. The number of carbonyl (C=O) groups is 1. The second-order valence-electron chi connectivity index (χ2n) is 5.96. The molecule has 2 rings (SSSR count). The van der Waals surface area contributed by atoms with Crippen LogP contribution in [0.15, 0.2) is 0 Å². The van der Waals surface area contributed by atoms with Crippen molar-refractivity contribution in [2.75, 3.05) is 13.2 Å². The third-order valence-electron chi connectivity index (χ3n) is 4.27. The number of rotatable bonds is 5. The fraction of sp³-hybridized carbons (Fsp3) is 0.933. The zero-order chi connectivity index (χ0) is 13.5. The molecule has 4 heteroatoms. The van der Waals surface area contributed by atoms with E-state index in [1.807, 2.05) is 0 Å². The smallest absolute Gasteiger partial charge is 0.220 e. The minimum Gasteiger partial charge on any atom is -0.378 e. The summed E-state index contributed by atoms with van der Waals surface area (Å²) in [6, 6.07) is 0. The summed E-state index contributed by atoms with van der Waals surface area (Å²) in [5, 5.41) is 3.10. The van der Waals surface area contributed by atoms with E-state index in [4.69, 9.17) is 4.74 Å². The first kappa shape index (κ1) is 15.3. The molecule has 2 fully saturated rings. The highest BCUT2D eigenvalue weighted by Gasteiger charge is 2.20. The minimum atomic E-state index is 0.200. The van der Waals surface area contributed by atoms with Crippen molar-refractivity contribution in [3.8, 4) is 0 Å². The van der Waals surface area contributed by atoms with E-state index in [0.717, 1.165) is 26.0 Å². The van der Waals surface area contributed by atoms with Gasteiger partial charge in [-0.2, -0.15) is 0 Å². The lowest BCUT2D eigenvalue weighted by Gasteiger charge is -2.26. The first-order valence-electron chi connectivity index (χ1n) is 7.76. The molecule has 1 heterocycles. The lowest BCUT2D eigenvalue weighted by molar-refractivity contribution is -0.122. The van der Waals surface area contributed by atoms with Crippen molar-refractivity contribution in [1.29, 1.82) is 0 Å². The third kappa shape index (κ3) is 5.82. The van der Waals surface area contributed by atoms with Gasteiger partial charge in [0.15, 0.2) is 0 Å². The molecule has 110 valence electrons. The van der Waals surface area contributed by atoms with Gasteiger partial charge in [0.1, 0.15) is 0 Å². The Balaban J connectivity index is 1.56. The Bertz CT molecular complexity index is 279. The lowest BCUT2D eigenvalue weighted by Crippen LogP contribution is -2.32. The fourth-order valence-electron chi connectivity index (χ4n) is 3.08. The molecule has 3 nitrogen and oxygen atoms in total. The van der Waals surface area contributed by atoms with Gasteiger partial charge < -0.3 is 10.1 Å². The largest absolute Gasteiger partial charge is 0.378 e. The maximum atomic E-state index is 11.8. The van der Waals surface area contributed by atoms with E-state index in [2.05, 4.69) is 21.2 Å². The van der Waals surface area contributed by atoms with E-state index < -0.39 is 0 Å². The number of hydrogen-bond acceptors (Lipinski definition) is 2. The second-order valence-corrected chi connectivity index (χ2v) is 7.26. The lowest BCUT2D eigenvalue weighted by atomic mass is 9.89. The van der Waals surface area contributed by atoms with Crippen molar-refractivity contribution in [1.82, 2.24) is 5.32 Å². The van der Waals surface area contributed by atoms with Crippen molar-refractivity contribution >= 4 is 21.8 Å². The molecule has 19 heavy (non-hydrogen) atoms. The minimum absolute atomic E-state index is 0.200. The van der Waals surface area contributed by atoms with Crippen LogP contribution < -0.4 is 5.32 Å². The predicted octanol–water partition coefficient (Wildman–Crippen LogP) is 3.41. The van der Waals surface area contributed by atoms with Crippen LogP contribution in [0.5, 0.6) is 0 Å². The van der Waals surface area contributed by atoms with Gasteiger partial charge >= 0.3 is 0 Å². The Labute approximate surface area is 125 Å². The average molecular weight is 332 g/mol. The molecule has 1 saturated heterocycles. The molecule has 1 saturated carbocycles. The van der Waals surface area contributed by atoms with Crippen LogP contribution in [0.2, 0.25) is 0 Å². The molecule has 1 aliphatic heterocycles. The van der Waals surface area contributed by atoms with E-state index in [1.165, 1.54) is 38.5 Å². The molecular formula is C15H26BrNO2. The number of hydrogen-bond donors (Lipinski definition) is 1. The average Bonchev–Trinajstić information content (AvgIpc) is 2.44. The van der Waals surface area contributed by atoms with Gasteiger partial charge in [0.2, 0.25) is 5.91 Å². The number of ether oxygens (including phenoxy) is 1. The Morgan fingerprint density at radius 3 is 2.84 bits per heavy atom. The van der Waals surface area contributed by atoms with Crippen LogP contribution in [0.25, 0.3) is 0 Å². The van der Waals surface area contributed by atoms with Crippen LogP contribution in [0.1, 0.15) is 57.8 Å². The first-order valence-corrected chi connectivity index (χ1v) is 8.68. The van der Waals surface area contributed by atoms with Crippen LogP contribution in [0.4, 0.5) is 0 Å². The van der Waals surface area contributed by atoms with Crippen molar-refractivity contribution in [2.45, 2.75) is 68.7 Å². The Hall–Kier alpha value is -0.0900. The quantitative estimate of drug-likeness (QED) is 0.784. The van der Waals surface area contributed by atoms with Crippen molar-refractivity contribution in [2.24, 2.45) is 5.92 Å². The van der Waals surface area contributed by atoms with E-state index in [0.29, 0.717) is 23.3 Å². The first-order chi connectivity index (χ1) is 9.24. The monoisotopic (exact) mass is 331 g/mol. The molecule has 3 atom stereocenters. The third-order valence-corrected chi connectivity index (χ3v) is 5.11. The maximum Gasteiger partial charge on any atom is 0.220 e. The number of alkyl halides is 1. The van der Waals surface area contributed by atoms with E-state index >= 15 is 0 Å². The van der Waals surface area contributed by atoms with Gasteiger partial charge in [-0.3, -0.25) is 4.79 Å². The van der Waals surface area contributed by atoms with Gasteiger partial charge in [-0.05, 0) is 50.9 Å². The van der Waals surface area contributed by atoms with Crippen molar-refractivity contribution in [3.63, 3.8) is 0 Å². The number of nitrogens with one attached hydrogen (secondary N) is 1. The topological polar surface area (TPSA) is 38.3 Å². The molecule has 1 amide bonds. The molecule has 0 spiro atoms. The standard InChI is InChI=1S/C15H26BrNO2/c16-13-5-3-4-12(10-13)11-17-15(18)8-7-14-6-1-2-9-19-14/h12-14H,1-11H2,(H,17,18). The van der Waals surface area contributed by atoms with Crippen LogP contribution in [-0.4, -0.2) is 30.0 Å². The predicted molar refractivity (Wildman–Crippen MR) is 80.5 cm³/mol. The summed E-state index contributed by atoms with van der Waals surface area (Å²) >= 11 is 3.69. The van der Waals surface area contributed by atoms with Crippen LogP contribution in [-0.2, 0) is 9.53 Å². The summed E-state index contributed by atoms with van der Waals surface area (Å²) in [4.78, 5) is 12.5. The molecule has 0 aromatic carbocycles. The van der Waals surface area contributed by atoms with Crippen molar-refractivity contribution < 1.29 is 9.53 Å². The molecule has 0 aromatic heterocycles. The summed E-state index contributed by atoms with van der Waals surface area (Å²) < 4.78 is 5.65. The van der Waals surface area contributed by atoms with Gasteiger partial charge in [-0.25, -0.2) is 0 Å². The van der Waals surface area contributed by atoms with Gasteiger partial charge in [0, 0.05) is 24.4 Å². The van der Waals surface area contributed by atoms with Crippen LogP contribution in [0.3, 0.4) is 0 Å². The highest BCUT2D eigenvalue weighted by Crippen LogP contribution is 2.28. The van der Waals surface area contributed by atoms with Gasteiger partial charge in [0.25, 0.3) is 0 Å². The van der Waals surface area contributed by atoms with E-state index in [1.54, 1.807) is 0 Å². The number of amides is 1. The SMILES string of the molecule is O=C(CCC1CCCCO1)NCC1CCCC(Br)C1. The zero-order valence-electron chi connectivity index (χ0n) is 11.7. The summed E-state index contributed by atoms with van der Waals surface area (Å²) in [6.45, 7) is 1.73. The molecule has 1 aliphatic carbocycles. The number of halogens is 1. The number of carbonyl (C=O) groups excluding carboxylic acids is 1. The molecule has 2 aliphatic rings. The molecule has 0 bridgehead atoms. The summed E-state index contributed by atoms with van der Waals surface area (Å²) in [5.74, 6) is 0.860. The van der Waals surface area contributed by atoms with Crippen LogP contribution in [0, 0.1) is 5.92 Å². The van der Waals surface area contributed by atoms with Crippen molar-refractivity contribution in [3.05, 3.63) is 0 Å². The normalized spacial score (nSPS) is 31.9. The molecule has 1 N–H and O–H groups in total. The van der Waals surface area contributed by atoms with Gasteiger partial charge in [-0.15, -0.1) is 0 Å². The highest BCUT2D eigenvalue weighted by molar-refractivity contribution is 9.09. The molecule has 0 aromatic rings. The molecule has 3 unspecified atom stereocenters. The van der Waals surface area contributed by atoms with Gasteiger partial charge in [-0.1, -0.05) is 22.4 Å². The van der Waals surface area contributed by atoms with E-state index in [9.17, 15) is 4.79 Å². The fourth-order valence-corrected chi connectivity index (χ4v) is 3.94. The summed E-state index contributed by atoms with van der Waals surface area (Å²) in [6.07, 6.45) is 10.4. The van der Waals surface area contributed by atoms with E-state index in [-0.39, 0.29) is 5.91 Å². The Morgan fingerprint density at radius 2 is 2.11 bits per heavy atom. The summed E-state index contributed by atoms with van der Waals surface area (Å²) in [7, 11) is 0. The summed E-state index contributed by atoms with van der Waals surface area (Å²) in [5.41, 5.74) is 0. The Kier molecular flexibility index (Phi) is 6.65. The highest BCUT2D eigenvalue weighted by atomic mass is 79.9. The maximum absolute atomic E-state index is 11.8. The molecule has 0 radical (unpaired) electrons. The second kappa shape index (κ2) is 8.25. The Morgan fingerprint density at radius 1 is 1.21 bits per heavy atom. The van der Waals surface area contributed by atoms with Crippen LogP contribution >= 0.6 is 15.9 Å². The van der Waals surface area contributed by atoms with Gasteiger partial charge in [0.05, 0.1) is 6.10 Å². The zero-order valence-corrected chi connectivity index (χ0v) is 13.3.